The molecule has 0 atom stereocenters. The summed E-state index contributed by atoms with van der Waals surface area (Å²) in [6.07, 6.45) is 7.27. The average molecular weight is 743 g/mol. The van der Waals surface area contributed by atoms with Crippen molar-refractivity contribution in [3.63, 3.8) is 0 Å². The Kier molecular flexibility index (Phi) is 12.8. The number of anilines is 2. The van der Waals surface area contributed by atoms with Crippen LogP contribution < -0.4 is 16.3 Å². The molecule has 54 heavy (non-hydrogen) atoms. The number of likely N-dealkylation sites (N-methyl/N-ethyl adjacent to an activating group) is 2. The molecule has 0 aliphatic rings. The topological polar surface area (TPSA) is 123 Å². The Morgan fingerprint density at radius 1 is 0.611 bits per heavy atom. The van der Waals surface area contributed by atoms with Crippen LogP contribution >= 0.6 is 11.6 Å². The van der Waals surface area contributed by atoms with Gasteiger partial charge in [-0.25, -0.2) is 0 Å². The van der Waals surface area contributed by atoms with Crippen molar-refractivity contribution in [1.29, 1.82) is 0 Å². The monoisotopic (exact) mass is 742 g/mol. The number of nitrogens with zero attached hydrogens (tertiary/aromatic N) is 4. The Morgan fingerprint density at radius 3 is 1.72 bits per heavy atom. The van der Waals surface area contributed by atoms with Crippen LogP contribution in [0.3, 0.4) is 0 Å². The van der Waals surface area contributed by atoms with E-state index in [2.05, 4.69) is 101 Å². The molecule has 0 saturated heterocycles. The van der Waals surface area contributed by atoms with Gasteiger partial charge in [-0.1, -0.05) is 60.1 Å². The lowest BCUT2D eigenvalue weighted by Gasteiger charge is -2.12. The van der Waals surface area contributed by atoms with Crippen LogP contribution in [0.15, 0.2) is 131 Å². The van der Waals surface area contributed by atoms with Gasteiger partial charge in [0.2, 0.25) is 0 Å². The van der Waals surface area contributed by atoms with E-state index >= 15 is 0 Å². The maximum atomic E-state index is 8.79. The maximum absolute atomic E-state index is 8.79. The molecule has 4 aromatic carbocycles. The number of aromatic nitrogens is 2. The number of halogens is 1. The van der Waals surface area contributed by atoms with Crippen LogP contribution in [0, 0.1) is 0 Å². The fourth-order valence-corrected chi connectivity index (χ4v) is 6.02. The molecule has 12 heteroatoms. The van der Waals surface area contributed by atoms with Crippen molar-refractivity contribution in [3.8, 4) is 11.3 Å². The average Bonchev–Trinajstić information content (AvgIpc) is 3.81. The molecule has 4 N–H and O–H groups in total. The van der Waals surface area contributed by atoms with Crippen molar-refractivity contribution in [2.45, 2.75) is 0 Å². The summed E-state index contributed by atoms with van der Waals surface area (Å²) in [7, 11) is 6.74. The summed E-state index contributed by atoms with van der Waals surface area (Å²) in [4.78, 5) is 12.8. The standard InChI is InChI=1S/C21H21N3O.C13H16ClN3.C8H7BO3/c1-24(2)10-9-23-17-8-7-16-13-22-14-19(18(16)12-17)21-11-15-5-3-4-6-20(15)25-21;1-17(2)6-5-16-11-4-3-10-8-15-9-13(14)12(10)7-11;10-9(11)8-5-6-3-1-2-4-7(6)12-8/h3-8,11-14,23H,9-10H2,1-2H3;3-4,7-9,16H,5-6H2,1-2H3;1-5,10-11H. The van der Waals surface area contributed by atoms with Gasteiger partial charge in [-0.05, 0) is 82.1 Å². The van der Waals surface area contributed by atoms with E-state index in [9.17, 15) is 0 Å². The van der Waals surface area contributed by atoms with Gasteiger partial charge in [0.25, 0.3) is 0 Å². The first-order valence-corrected chi connectivity index (χ1v) is 18.0. The van der Waals surface area contributed by atoms with Crippen LogP contribution in [0.2, 0.25) is 5.02 Å². The molecule has 8 rings (SSSR count). The largest absolute Gasteiger partial charge is 0.526 e. The summed E-state index contributed by atoms with van der Waals surface area (Å²) in [6, 6.07) is 31.6. The number of nitrogens with one attached hydrogen (secondary N) is 2. The Labute approximate surface area is 320 Å². The quantitative estimate of drug-likeness (QED) is 0.104. The number of para-hydroxylation sites is 2. The Morgan fingerprint density at radius 2 is 1.15 bits per heavy atom. The first-order valence-electron chi connectivity index (χ1n) is 17.7. The molecular weight excluding hydrogens is 699 g/mol. The summed E-state index contributed by atoms with van der Waals surface area (Å²) < 4.78 is 11.2. The Bertz CT molecular complexity index is 2380. The lowest BCUT2D eigenvalue weighted by molar-refractivity contribution is 0.412. The van der Waals surface area contributed by atoms with E-state index in [0.717, 1.165) is 86.8 Å². The third-order valence-electron chi connectivity index (χ3n) is 8.64. The molecule has 0 aliphatic carbocycles. The minimum absolute atomic E-state index is 0.177. The summed E-state index contributed by atoms with van der Waals surface area (Å²) in [5.74, 6) is 0.852. The van der Waals surface area contributed by atoms with Gasteiger partial charge in [-0.15, -0.1) is 0 Å². The van der Waals surface area contributed by atoms with E-state index in [4.69, 9.17) is 30.5 Å². The minimum Gasteiger partial charge on any atom is -0.465 e. The van der Waals surface area contributed by atoms with Crippen molar-refractivity contribution >= 4 is 79.2 Å². The Hall–Kier alpha value is -5.43. The first kappa shape index (κ1) is 38.3. The summed E-state index contributed by atoms with van der Waals surface area (Å²) in [5.41, 5.74) is 4.96. The zero-order chi connectivity index (χ0) is 38.0. The molecular formula is C42H44BClN6O4. The zero-order valence-corrected chi connectivity index (χ0v) is 31.6. The number of hydrogen-bond donors (Lipinski definition) is 4. The van der Waals surface area contributed by atoms with Gasteiger partial charge in [0, 0.05) is 94.8 Å². The summed E-state index contributed by atoms with van der Waals surface area (Å²) in [6.45, 7) is 3.82. The molecule has 0 radical (unpaired) electrons. The highest BCUT2D eigenvalue weighted by Crippen LogP contribution is 2.33. The molecule has 0 fully saturated rings. The maximum Gasteiger partial charge on any atom is 0.526 e. The highest BCUT2D eigenvalue weighted by Gasteiger charge is 2.16. The van der Waals surface area contributed by atoms with Crippen molar-refractivity contribution in [2.75, 3.05) is 65.0 Å². The SMILES string of the molecule is CN(C)CCNc1ccc2cncc(-c3cc4ccccc4o3)c2c1.CN(C)CCNc1ccc2cncc(Cl)c2c1.OB(O)c1cc2ccccc2o1. The van der Waals surface area contributed by atoms with E-state index in [1.807, 2.05) is 61.1 Å². The zero-order valence-electron chi connectivity index (χ0n) is 30.8. The minimum atomic E-state index is -1.53. The van der Waals surface area contributed by atoms with Crippen molar-refractivity contribution in [3.05, 3.63) is 127 Å². The van der Waals surface area contributed by atoms with Gasteiger partial charge in [-0.3, -0.25) is 9.97 Å². The highest BCUT2D eigenvalue weighted by molar-refractivity contribution is 6.57. The van der Waals surface area contributed by atoms with Gasteiger partial charge in [0.1, 0.15) is 22.6 Å². The second-order valence-electron chi connectivity index (χ2n) is 13.3. The molecule has 0 bridgehead atoms. The van der Waals surface area contributed by atoms with E-state index in [-0.39, 0.29) is 5.66 Å². The van der Waals surface area contributed by atoms with Crippen LogP contribution in [-0.4, -0.2) is 91.3 Å². The van der Waals surface area contributed by atoms with Crippen LogP contribution in [0.5, 0.6) is 0 Å². The lowest BCUT2D eigenvalue weighted by Crippen LogP contribution is -2.27. The van der Waals surface area contributed by atoms with E-state index in [1.165, 1.54) is 0 Å². The number of furan rings is 2. The predicted octanol–water partition coefficient (Wildman–Crippen LogP) is 7.60. The van der Waals surface area contributed by atoms with Gasteiger partial charge >= 0.3 is 7.12 Å². The van der Waals surface area contributed by atoms with E-state index in [1.54, 1.807) is 18.3 Å². The van der Waals surface area contributed by atoms with Crippen LogP contribution in [-0.2, 0) is 0 Å². The molecule has 0 unspecified atom stereocenters. The van der Waals surface area contributed by atoms with Crippen LogP contribution in [0.1, 0.15) is 0 Å². The van der Waals surface area contributed by atoms with Crippen LogP contribution in [0.4, 0.5) is 11.4 Å². The third-order valence-corrected chi connectivity index (χ3v) is 8.94. The first-order chi connectivity index (χ1) is 26.1. The fourth-order valence-electron chi connectivity index (χ4n) is 5.80. The predicted molar refractivity (Wildman–Crippen MR) is 224 cm³/mol. The van der Waals surface area contributed by atoms with E-state index < -0.39 is 7.12 Å². The number of fused-ring (bicyclic) bond motifs is 4. The normalized spacial score (nSPS) is 11.1. The highest BCUT2D eigenvalue weighted by atomic mass is 35.5. The Balaban J connectivity index is 0.000000148. The molecule has 0 spiro atoms. The molecule has 0 amide bonds. The second-order valence-corrected chi connectivity index (χ2v) is 13.8. The second kappa shape index (κ2) is 18.1. The lowest BCUT2D eigenvalue weighted by atomic mass is 9.88. The van der Waals surface area contributed by atoms with Gasteiger partial charge < -0.3 is 39.3 Å². The van der Waals surface area contributed by atoms with Gasteiger partial charge in [0.15, 0.2) is 0 Å². The summed E-state index contributed by atoms with van der Waals surface area (Å²) in [5, 5.41) is 31.5. The fraction of sp³-hybridized carbons (Fsp3) is 0.190. The smallest absolute Gasteiger partial charge is 0.465 e. The van der Waals surface area contributed by atoms with Crippen molar-refractivity contribution < 1.29 is 18.9 Å². The number of hydrogen-bond acceptors (Lipinski definition) is 10. The number of benzene rings is 4. The molecule has 276 valence electrons. The molecule has 10 nitrogen and oxygen atoms in total. The summed E-state index contributed by atoms with van der Waals surface area (Å²) >= 11 is 6.11. The molecule has 4 heterocycles. The number of pyridine rings is 2. The van der Waals surface area contributed by atoms with Gasteiger partial charge in [-0.2, -0.15) is 0 Å². The van der Waals surface area contributed by atoms with Crippen molar-refractivity contribution in [1.82, 2.24) is 19.8 Å². The van der Waals surface area contributed by atoms with E-state index in [0.29, 0.717) is 10.6 Å². The van der Waals surface area contributed by atoms with Crippen molar-refractivity contribution in [2.24, 2.45) is 0 Å². The third kappa shape index (κ3) is 9.96. The molecule has 0 saturated carbocycles. The number of rotatable bonds is 10. The molecule has 0 aliphatic heterocycles. The molecule has 8 aromatic rings. The van der Waals surface area contributed by atoms with Gasteiger partial charge in [0.05, 0.1) is 5.02 Å². The molecule has 4 aromatic heterocycles. The van der Waals surface area contributed by atoms with Crippen LogP contribution in [0.25, 0.3) is 54.8 Å².